The highest BCUT2D eigenvalue weighted by molar-refractivity contribution is 6.01. The molecule has 2 N–H and O–H groups in total. The second-order valence-electron chi connectivity index (χ2n) is 10.6. The summed E-state index contributed by atoms with van der Waals surface area (Å²) in [4.78, 5) is 19.3. The van der Waals surface area contributed by atoms with Crippen molar-refractivity contribution in [2.24, 2.45) is 4.99 Å². The Morgan fingerprint density at radius 3 is 2.38 bits per heavy atom. The SMILES string of the molecule is COc1cccc([C@H]2OC(c3ccc(OCCCO)cc3)=N[C@@]2(Cc2ccccc2)C(=O)NCc2cccc(C(F)(F)F)c2)c1. The van der Waals surface area contributed by atoms with Crippen LogP contribution in [0.2, 0.25) is 0 Å². The van der Waals surface area contributed by atoms with E-state index >= 15 is 0 Å². The first-order valence-electron chi connectivity index (χ1n) is 14.4. The molecule has 1 heterocycles. The molecule has 5 rings (SSSR count). The van der Waals surface area contributed by atoms with Crippen LogP contribution in [0.4, 0.5) is 13.2 Å². The molecule has 1 amide bonds. The zero-order valence-electron chi connectivity index (χ0n) is 24.6. The fourth-order valence-electron chi connectivity index (χ4n) is 5.19. The van der Waals surface area contributed by atoms with Gasteiger partial charge in [-0.15, -0.1) is 0 Å². The van der Waals surface area contributed by atoms with E-state index in [9.17, 15) is 18.0 Å². The minimum atomic E-state index is -4.51. The van der Waals surface area contributed by atoms with Gasteiger partial charge in [-0.2, -0.15) is 13.2 Å². The van der Waals surface area contributed by atoms with Crippen LogP contribution in [0.3, 0.4) is 0 Å². The van der Waals surface area contributed by atoms with Gasteiger partial charge in [0.1, 0.15) is 11.5 Å². The largest absolute Gasteiger partial charge is 0.497 e. The van der Waals surface area contributed by atoms with Crippen molar-refractivity contribution in [3.63, 3.8) is 0 Å². The van der Waals surface area contributed by atoms with Gasteiger partial charge >= 0.3 is 6.18 Å². The van der Waals surface area contributed by atoms with Crippen molar-refractivity contribution in [1.82, 2.24) is 5.32 Å². The van der Waals surface area contributed by atoms with Gasteiger partial charge in [-0.25, -0.2) is 4.99 Å². The van der Waals surface area contributed by atoms with Crippen molar-refractivity contribution in [1.29, 1.82) is 0 Å². The summed E-state index contributed by atoms with van der Waals surface area (Å²) in [7, 11) is 1.54. The maximum absolute atomic E-state index is 14.4. The number of carbonyl (C=O) groups excluding carboxylic acids is 1. The van der Waals surface area contributed by atoms with E-state index in [-0.39, 0.29) is 25.5 Å². The average molecular weight is 619 g/mol. The van der Waals surface area contributed by atoms with Crippen LogP contribution < -0.4 is 14.8 Å². The highest BCUT2D eigenvalue weighted by Crippen LogP contribution is 2.43. The lowest BCUT2D eigenvalue weighted by atomic mass is 9.82. The van der Waals surface area contributed by atoms with Gasteiger partial charge in [0.05, 0.1) is 19.3 Å². The summed E-state index contributed by atoms with van der Waals surface area (Å²) in [5, 5.41) is 11.9. The van der Waals surface area contributed by atoms with Gasteiger partial charge in [-0.3, -0.25) is 4.79 Å². The summed E-state index contributed by atoms with van der Waals surface area (Å²) in [5.41, 5.74) is 0.0452. The Balaban J connectivity index is 1.55. The first-order valence-corrected chi connectivity index (χ1v) is 14.4. The number of methoxy groups -OCH3 is 1. The van der Waals surface area contributed by atoms with Crippen LogP contribution in [-0.4, -0.2) is 42.8 Å². The maximum Gasteiger partial charge on any atom is 0.416 e. The van der Waals surface area contributed by atoms with Crippen LogP contribution >= 0.6 is 0 Å². The van der Waals surface area contributed by atoms with Crippen molar-refractivity contribution in [2.45, 2.75) is 37.2 Å². The van der Waals surface area contributed by atoms with E-state index in [1.54, 1.807) is 49.6 Å². The number of carbonyl (C=O) groups is 1. The topological polar surface area (TPSA) is 89.4 Å². The van der Waals surface area contributed by atoms with Crippen LogP contribution in [0, 0.1) is 0 Å². The van der Waals surface area contributed by atoms with Gasteiger partial charge in [-0.05, 0) is 65.2 Å². The van der Waals surface area contributed by atoms with E-state index in [4.69, 9.17) is 24.3 Å². The smallest absolute Gasteiger partial charge is 0.416 e. The highest BCUT2D eigenvalue weighted by atomic mass is 19.4. The highest BCUT2D eigenvalue weighted by Gasteiger charge is 2.53. The molecule has 4 aromatic rings. The third-order valence-electron chi connectivity index (χ3n) is 7.45. The lowest BCUT2D eigenvalue weighted by Crippen LogP contribution is -2.49. The number of aliphatic imine (C=N–C) groups is 1. The number of nitrogens with zero attached hydrogens (tertiary/aromatic N) is 1. The molecule has 7 nitrogen and oxygen atoms in total. The van der Waals surface area contributed by atoms with Gasteiger partial charge in [0, 0.05) is 31.6 Å². The second-order valence-corrected chi connectivity index (χ2v) is 10.6. The van der Waals surface area contributed by atoms with Gasteiger partial charge in [0.25, 0.3) is 5.91 Å². The van der Waals surface area contributed by atoms with Crippen LogP contribution in [-0.2, 0) is 28.7 Å². The third kappa shape index (κ3) is 7.46. The molecule has 0 unspecified atom stereocenters. The summed E-state index contributed by atoms with van der Waals surface area (Å²) < 4.78 is 57.7. The summed E-state index contributed by atoms with van der Waals surface area (Å²) in [6, 6.07) is 28.4. The first-order chi connectivity index (χ1) is 21.7. The summed E-state index contributed by atoms with van der Waals surface area (Å²) in [6.07, 6.45) is -4.76. The number of benzene rings is 4. The molecule has 0 fully saturated rings. The molecule has 1 aliphatic rings. The first kappa shape index (κ1) is 31.6. The van der Waals surface area contributed by atoms with E-state index in [0.29, 0.717) is 41.2 Å². The molecule has 0 bridgehead atoms. The molecule has 2 atom stereocenters. The Morgan fingerprint density at radius 2 is 1.67 bits per heavy atom. The number of aliphatic hydroxyl groups is 1. The molecule has 0 saturated heterocycles. The zero-order chi connectivity index (χ0) is 31.9. The number of alkyl halides is 3. The molecule has 0 radical (unpaired) electrons. The lowest BCUT2D eigenvalue weighted by molar-refractivity contribution is -0.137. The monoisotopic (exact) mass is 618 g/mol. The molecule has 10 heteroatoms. The average Bonchev–Trinajstić information content (AvgIpc) is 3.44. The molecule has 45 heavy (non-hydrogen) atoms. The molecular weight excluding hydrogens is 585 g/mol. The second kappa shape index (κ2) is 13.9. The molecule has 0 spiro atoms. The van der Waals surface area contributed by atoms with Crippen molar-refractivity contribution in [3.8, 4) is 11.5 Å². The quantitative estimate of drug-likeness (QED) is 0.182. The van der Waals surface area contributed by atoms with Gasteiger partial charge < -0.3 is 24.6 Å². The molecule has 0 saturated carbocycles. The Labute approximate surface area is 259 Å². The summed E-state index contributed by atoms with van der Waals surface area (Å²) in [5.74, 6) is 0.891. The van der Waals surface area contributed by atoms with E-state index in [1.807, 2.05) is 36.4 Å². The fourth-order valence-corrected chi connectivity index (χ4v) is 5.19. The number of halogens is 3. The predicted octanol–water partition coefficient (Wildman–Crippen LogP) is 6.29. The van der Waals surface area contributed by atoms with E-state index in [0.717, 1.165) is 17.7 Å². The van der Waals surface area contributed by atoms with Gasteiger partial charge in [0.15, 0.2) is 11.6 Å². The van der Waals surface area contributed by atoms with Crippen LogP contribution in [0.15, 0.2) is 108 Å². The Hall–Kier alpha value is -4.83. The van der Waals surface area contributed by atoms with Crippen molar-refractivity contribution in [3.05, 3.63) is 131 Å². The third-order valence-corrected chi connectivity index (χ3v) is 7.45. The molecular formula is C35H33F3N2O5. The maximum atomic E-state index is 14.4. The predicted molar refractivity (Wildman–Crippen MR) is 163 cm³/mol. The Bertz CT molecular complexity index is 1630. The van der Waals surface area contributed by atoms with E-state index < -0.39 is 29.3 Å². The number of amides is 1. The number of aliphatic hydroxyl groups excluding tert-OH is 1. The summed E-state index contributed by atoms with van der Waals surface area (Å²) >= 11 is 0. The number of rotatable bonds is 12. The van der Waals surface area contributed by atoms with E-state index in [1.165, 1.54) is 12.1 Å². The molecule has 0 aromatic heterocycles. The van der Waals surface area contributed by atoms with Crippen LogP contribution in [0.25, 0.3) is 0 Å². The van der Waals surface area contributed by atoms with Gasteiger partial charge in [0.2, 0.25) is 5.90 Å². The molecule has 234 valence electrons. The number of ether oxygens (including phenoxy) is 3. The number of nitrogens with one attached hydrogen (secondary N) is 1. The minimum Gasteiger partial charge on any atom is -0.497 e. The number of hydrogen-bond donors (Lipinski definition) is 2. The molecule has 4 aromatic carbocycles. The fraction of sp³-hybridized carbons (Fsp3) is 0.257. The van der Waals surface area contributed by atoms with Crippen LogP contribution in [0.5, 0.6) is 11.5 Å². The lowest BCUT2D eigenvalue weighted by Gasteiger charge is -2.31. The Kier molecular flexibility index (Phi) is 9.73. The Morgan fingerprint density at radius 1 is 0.933 bits per heavy atom. The minimum absolute atomic E-state index is 0.0215. The normalized spacial score (nSPS) is 17.7. The molecule has 0 aliphatic carbocycles. The standard InChI is InChI=1S/C35H33F3N2O5/c1-43-30-13-6-11-27(21-30)31-34(22-24-8-3-2-4-9-24,33(42)39-23-25-10-5-12-28(20-25)35(36,37)38)40-32(45-31)26-14-16-29(17-15-26)44-19-7-18-41/h2-6,8-17,20-21,31,41H,7,18-19,22-23H2,1H3,(H,39,42)/t31-,34-/m1/s1. The van der Waals surface area contributed by atoms with Crippen molar-refractivity contribution >= 4 is 11.8 Å². The van der Waals surface area contributed by atoms with Crippen molar-refractivity contribution in [2.75, 3.05) is 20.3 Å². The van der Waals surface area contributed by atoms with Gasteiger partial charge in [-0.1, -0.05) is 54.6 Å². The van der Waals surface area contributed by atoms with Crippen LogP contribution in [0.1, 0.15) is 40.3 Å². The summed E-state index contributed by atoms with van der Waals surface area (Å²) in [6.45, 7) is 0.236. The molecule has 1 aliphatic heterocycles. The van der Waals surface area contributed by atoms with Crippen molar-refractivity contribution < 1.29 is 37.3 Å². The van der Waals surface area contributed by atoms with E-state index in [2.05, 4.69) is 5.32 Å². The zero-order valence-corrected chi connectivity index (χ0v) is 24.6. The number of hydrogen-bond acceptors (Lipinski definition) is 6.